The van der Waals surface area contributed by atoms with Gasteiger partial charge in [0.05, 0.1) is 15.8 Å². The van der Waals surface area contributed by atoms with Gasteiger partial charge >= 0.3 is 0 Å². The second-order valence-electron chi connectivity index (χ2n) is 7.51. The number of carbonyl (C=O) groups excluding carboxylic acids is 2. The van der Waals surface area contributed by atoms with E-state index in [1.165, 1.54) is 11.8 Å². The van der Waals surface area contributed by atoms with E-state index in [2.05, 4.69) is 12.2 Å². The van der Waals surface area contributed by atoms with Gasteiger partial charge in [-0.2, -0.15) is 0 Å². The Morgan fingerprint density at radius 1 is 1.13 bits per heavy atom. The number of carbonyl (C=O) groups is 2. The molecular weight excluding hydrogens is 451 g/mol. The predicted molar refractivity (Wildman–Crippen MR) is 132 cm³/mol. The molecule has 2 aromatic rings. The number of hydrogen-bond donors (Lipinski definition) is 1. The molecule has 0 aliphatic rings. The highest BCUT2D eigenvalue weighted by Crippen LogP contribution is 2.25. The lowest BCUT2D eigenvalue weighted by Gasteiger charge is -2.29. The molecule has 0 aliphatic carbocycles. The van der Waals surface area contributed by atoms with Crippen LogP contribution in [0.25, 0.3) is 0 Å². The van der Waals surface area contributed by atoms with Gasteiger partial charge in [-0.05, 0) is 49.1 Å². The summed E-state index contributed by atoms with van der Waals surface area (Å²) in [4.78, 5) is 27.5. The van der Waals surface area contributed by atoms with Crippen molar-refractivity contribution in [3.63, 3.8) is 0 Å². The number of hydrogen-bond acceptors (Lipinski definition) is 3. The van der Waals surface area contributed by atoms with Gasteiger partial charge in [0.2, 0.25) is 11.8 Å². The zero-order chi connectivity index (χ0) is 22.8. The summed E-state index contributed by atoms with van der Waals surface area (Å²) in [6.45, 7) is 6.91. The van der Waals surface area contributed by atoms with Crippen LogP contribution in [0.4, 0.5) is 0 Å². The maximum atomic E-state index is 13.1. The van der Waals surface area contributed by atoms with E-state index in [-0.39, 0.29) is 17.6 Å². The molecule has 2 aromatic carbocycles. The molecule has 0 aliphatic heterocycles. The van der Waals surface area contributed by atoms with Crippen LogP contribution in [-0.2, 0) is 21.9 Å². The number of rotatable bonds is 11. The number of halogens is 2. The standard InChI is InChI=1S/C24H30Cl2N2O2S/c1-4-5-12-27-24(30)18(3)28(14-20-9-7-6-8-17(20)2)23(29)16-31-15-19-10-11-21(25)22(26)13-19/h6-11,13,18H,4-5,12,14-16H2,1-3H3,(H,27,30)/t18-/m0/s1. The fraction of sp³-hybridized carbons (Fsp3) is 0.417. The summed E-state index contributed by atoms with van der Waals surface area (Å²) < 4.78 is 0. The molecule has 0 unspecified atom stereocenters. The van der Waals surface area contributed by atoms with Crippen molar-refractivity contribution in [1.29, 1.82) is 0 Å². The summed E-state index contributed by atoms with van der Waals surface area (Å²) in [6, 6.07) is 12.9. The van der Waals surface area contributed by atoms with Crippen LogP contribution in [0.5, 0.6) is 0 Å². The molecule has 0 saturated carbocycles. The molecule has 0 aromatic heterocycles. The zero-order valence-electron chi connectivity index (χ0n) is 18.3. The maximum Gasteiger partial charge on any atom is 0.242 e. The Labute approximate surface area is 199 Å². The number of nitrogens with zero attached hydrogens (tertiary/aromatic N) is 1. The van der Waals surface area contributed by atoms with Crippen molar-refractivity contribution in [1.82, 2.24) is 10.2 Å². The van der Waals surface area contributed by atoms with Gasteiger partial charge in [0, 0.05) is 18.8 Å². The van der Waals surface area contributed by atoms with Gasteiger partial charge in [0.15, 0.2) is 0 Å². The maximum absolute atomic E-state index is 13.1. The lowest BCUT2D eigenvalue weighted by atomic mass is 10.1. The summed E-state index contributed by atoms with van der Waals surface area (Å²) in [6.07, 6.45) is 1.93. The fourth-order valence-electron chi connectivity index (χ4n) is 3.06. The van der Waals surface area contributed by atoms with Crippen LogP contribution in [-0.4, -0.2) is 35.1 Å². The molecule has 7 heteroatoms. The quantitative estimate of drug-likeness (QED) is 0.409. The summed E-state index contributed by atoms with van der Waals surface area (Å²) in [5, 5.41) is 3.96. The van der Waals surface area contributed by atoms with Gasteiger partial charge in [0.1, 0.15) is 6.04 Å². The van der Waals surface area contributed by atoms with Crippen LogP contribution in [0.2, 0.25) is 10.0 Å². The normalized spacial score (nSPS) is 11.8. The third-order valence-electron chi connectivity index (χ3n) is 5.08. The molecule has 0 spiro atoms. The van der Waals surface area contributed by atoms with Crippen molar-refractivity contribution in [3.05, 3.63) is 69.2 Å². The summed E-state index contributed by atoms with van der Waals surface area (Å²) in [5.41, 5.74) is 3.14. The van der Waals surface area contributed by atoms with E-state index in [9.17, 15) is 9.59 Å². The lowest BCUT2D eigenvalue weighted by molar-refractivity contribution is -0.138. The summed E-state index contributed by atoms with van der Waals surface area (Å²) in [5.74, 6) is 0.729. The Morgan fingerprint density at radius 3 is 2.55 bits per heavy atom. The minimum atomic E-state index is -0.547. The predicted octanol–water partition coefficient (Wildman–Crippen LogP) is 5.87. The minimum absolute atomic E-state index is 0.0635. The van der Waals surface area contributed by atoms with Crippen molar-refractivity contribution in [2.75, 3.05) is 12.3 Å². The topological polar surface area (TPSA) is 49.4 Å². The minimum Gasteiger partial charge on any atom is -0.354 e. The molecule has 0 fully saturated rings. The van der Waals surface area contributed by atoms with Crippen molar-refractivity contribution < 1.29 is 9.59 Å². The molecule has 0 bridgehead atoms. The second kappa shape index (κ2) is 13.0. The monoisotopic (exact) mass is 480 g/mol. The molecule has 0 heterocycles. The number of benzene rings is 2. The molecule has 2 rings (SSSR count). The highest BCUT2D eigenvalue weighted by atomic mass is 35.5. The average molecular weight is 481 g/mol. The molecule has 31 heavy (non-hydrogen) atoms. The number of thioether (sulfide) groups is 1. The fourth-order valence-corrected chi connectivity index (χ4v) is 4.24. The Bertz CT molecular complexity index is 892. The van der Waals surface area contributed by atoms with Crippen LogP contribution < -0.4 is 5.32 Å². The van der Waals surface area contributed by atoms with Crippen molar-refractivity contribution in [3.8, 4) is 0 Å². The molecule has 0 saturated heterocycles. The Morgan fingerprint density at radius 2 is 1.87 bits per heavy atom. The average Bonchev–Trinajstić information content (AvgIpc) is 2.75. The first-order chi connectivity index (χ1) is 14.8. The highest BCUT2D eigenvalue weighted by molar-refractivity contribution is 7.99. The van der Waals surface area contributed by atoms with Crippen molar-refractivity contribution in [2.45, 2.75) is 52.0 Å². The first-order valence-corrected chi connectivity index (χ1v) is 12.4. The van der Waals surface area contributed by atoms with Gasteiger partial charge < -0.3 is 10.2 Å². The van der Waals surface area contributed by atoms with E-state index in [1.54, 1.807) is 17.9 Å². The number of unbranched alkanes of at least 4 members (excludes halogenated alkanes) is 1. The van der Waals surface area contributed by atoms with Crippen LogP contribution in [0.1, 0.15) is 43.4 Å². The first-order valence-electron chi connectivity index (χ1n) is 10.5. The van der Waals surface area contributed by atoms with E-state index < -0.39 is 6.04 Å². The number of amides is 2. The molecule has 1 N–H and O–H groups in total. The molecule has 168 valence electrons. The number of nitrogens with one attached hydrogen (secondary N) is 1. The SMILES string of the molecule is CCCCNC(=O)[C@H](C)N(Cc1ccccc1C)C(=O)CSCc1ccc(Cl)c(Cl)c1. The van der Waals surface area contributed by atoms with Gasteiger partial charge in [-0.1, -0.05) is 66.9 Å². The van der Waals surface area contributed by atoms with E-state index in [1.807, 2.05) is 43.3 Å². The Hall–Kier alpha value is -1.69. The number of aryl methyl sites for hydroxylation is 1. The smallest absolute Gasteiger partial charge is 0.242 e. The zero-order valence-corrected chi connectivity index (χ0v) is 20.6. The van der Waals surface area contributed by atoms with Gasteiger partial charge in [-0.15, -0.1) is 11.8 Å². The van der Waals surface area contributed by atoms with Gasteiger partial charge in [-0.3, -0.25) is 9.59 Å². The van der Waals surface area contributed by atoms with Gasteiger partial charge in [0.25, 0.3) is 0 Å². The third kappa shape index (κ3) is 8.06. The van der Waals surface area contributed by atoms with Crippen molar-refractivity contribution in [2.24, 2.45) is 0 Å². The third-order valence-corrected chi connectivity index (χ3v) is 6.80. The van der Waals surface area contributed by atoms with E-state index in [0.29, 0.717) is 28.9 Å². The summed E-state index contributed by atoms with van der Waals surface area (Å²) in [7, 11) is 0. The highest BCUT2D eigenvalue weighted by Gasteiger charge is 2.26. The summed E-state index contributed by atoms with van der Waals surface area (Å²) >= 11 is 13.5. The first kappa shape index (κ1) is 25.6. The van der Waals surface area contributed by atoms with Gasteiger partial charge in [-0.25, -0.2) is 0 Å². The van der Waals surface area contributed by atoms with Crippen molar-refractivity contribution >= 4 is 46.8 Å². The Balaban J connectivity index is 2.06. The molecular formula is C24H30Cl2N2O2S. The van der Waals surface area contributed by atoms with E-state index in [4.69, 9.17) is 23.2 Å². The van der Waals surface area contributed by atoms with Crippen LogP contribution in [0.15, 0.2) is 42.5 Å². The second-order valence-corrected chi connectivity index (χ2v) is 9.31. The van der Waals surface area contributed by atoms with Crippen LogP contribution in [0.3, 0.4) is 0 Å². The largest absolute Gasteiger partial charge is 0.354 e. The Kier molecular flexibility index (Phi) is 10.7. The molecule has 2 amide bonds. The van der Waals surface area contributed by atoms with E-state index in [0.717, 1.165) is 29.5 Å². The lowest BCUT2D eigenvalue weighted by Crippen LogP contribution is -2.48. The van der Waals surface area contributed by atoms with E-state index >= 15 is 0 Å². The van der Waals surface area contributed by atoms with Crippen LogP contribution >= 0.6 is 35.0 Å². The molecule has 0 radical (unpaired) electrons. The molecule has 4 nitrogen and oxygen atoms in total. The van der Waals surface area contributed by atoms with Crippen LogP contribution in [0, 0.1) is 6.92 Å². The molecule has 1 atom stereocenters.